The van der Waals surface area contributed by atoms with Crippen LogP contribution in [0.1, 0.15) is 47.5 Å². The minimum atomic E-state index is -0.342. The number of allylic oxidation sites excluding steroid dienone is 1. The molecule has 0 saturated heterocycles. The van der Waals surface area contributed by atoms with Gasteiger partial charge in [0.1, 0.15) is 0 Å². The molecule has 0 radical (unpaired) electrons. The Balaban J connectivity index is 4.76. The second-order valence-corrected chi connectivity index (χ2v) is 4.59. The van der Waals surface area contributed by atoms with E-state index < -0.39 is 0 Å². The van der Waals surface area contributed by atoms with Gasteiger partial charge in [-0.05, 0) is 34.1 Å². The summed E-state index contributed by atoms with van der Waals surface area (Å²) < 4.78 is 0. The molecule has 3 N–H and O–H groups in total. The van der Waals surface area contributed by atoms with Crippen molar-refractivity contribution in [3.05, 3.63) is 11.3 Å². The third kappa shape index (κ3) is 4.90. The first-order valence-electron chi connectivity index (χ1n) is 5.05. The summed E-state index contributed by atoms with van der Waals surface area (Å²) in [6.45, 7) is 10.1. The zero-order chi connectivity index (χ0) is 11.4. The Kier molecular flexibility index (Phi) is 4.68. The fourth-order valence-corrected chi connectivity index (χ4v) is 1.20. The number of hydrogen-bond acceptors (Lipinski definition) is 2. The molecule has 0 aromatic carbocycles. The van der Waals surface area contributed by atoms with Gasteiger partial charge in [-0.1, -0.05) is 13.3 Å². The fraction of sp³-hybridized carbons (Fsp3) is 0.727. The maximum Gasteiger partial charge on any atom is 0.246 e. The minimum Gasteiger partial charge on any atom is -0.383 e. The lowest BCUT2D eigenvalue weighted by atomic mass is 10.0. The van der Waals surface area contributed by atoms with E-state index in [0.717, 1.165) is 18.5 Å². The Morgan fingerprint density at radius 1 is 1.36 bits per heavy atom. The summed E-state index contributed by atoms with van der Waals surface area (Å²) in [5, 5.41) is 3.32. The Bertz CT molecular complexity index is 236. The van der Waals surface area contributed by atoms with Crippen LogP contribution in [0.4, 0.5) is 0 Å². The lowest BCUT2D eigenvalue weighted by Crippen LogP contribution is -2.36. The Labute approximate surface area is 86.8 Å². The molecule has 0 heterocycles. The normalized spacial score (nSPS) is 13.5. The molecule has 0 spiro atoms. The van der Waals surface area contributed by atoms with Gasteiger partial charge < -0.3 is 11.1 Å². The third-order valence-corrected chi connectivity index (χ3v) is 1.85. The highest BCUT2D eigenvalue weighted by Gasteiger charge is 2.14. The van der Waals surface area contributed by atoms with E-state index in [1.54, 1.807) is 6.92 Å². The van der Waals surface area contributed by atoms with Crippen molar-refractivity contribution in [2.24, 2.45) is 5.73 Å². The van der Waals surface area contributed by atoms with Crippen LogP contribution in [0.15, 0.2) is 11.3 Å². The molecule has 3 nitrogen and oxygen atoms in total. The predicted molar refractivity (Wildman–Crippen MR) is 59.7 cm³/mol. The van der Waals surface area contributed by atoms with Gasteiger partial charge in [-0.25, -0.2) is 0 Å². The van der Waals surface area contributed by atoms with E-state index in [4.69, 9.17) is 5.73 Å². The van der Waals surface area contributed by atoms with Gasteiger partial charge in [-0.15, -0.1) is 0 Å². The molecule has 0 atom stereocenters. The van der Waals surface area contributed by atoms with Crippen LogP contribution in [0.2, 0.25) is 0 Å². The SMILES string of the molecule is CCCC(NC(C)(C)C)=C(C)C(N)=O. The van der Waals surface area contributed by atoms with Crippen LogP contribution < -0.4 is 11.1 Å². The summed E-state index contributed by atoms with van der Waals surface area (Å²) >= 11 is 0. The van der Waals surface area contributed by atoms with Crippen LogP contribution in [0.25, 0.3) is 0 Å². The summed E-state index contributed by atoms with van der Waals surface area (Å²) in [6, 6.07) is 0. The van der Waals surface area contributed by atoms with Crippen molar-refractivity contribution >= 4 is 5.91 Å². The van der Waals surface area contributed by atoms with E-state index in [1.165, 1.54) is 0 Å². The number of hydrogen-bond donors (Lipinski definition) is 2. The second-order valence-electron chi connectivity index (χ2n) is 4.59. The standard InChI is InChI=1S/C11H22N2O/c1-6-7-9(8(2)10(12)14)13-11(3,4)5/h13H,6-7H2,1-5H3,(H2,12,14). The van der Waals surface area contributed by atoms with Crippen LogP contribution >= 0.6 is 0 Å². The van der Waals surface area contributed by atoms with Gasteiger partial charge in [0, 0.05) is 16.8 Å². The molecule has 0 saturated carbocycles. The van der Waals surface area contributed by atoms with Crippen molar-refractivity contribution in [1.82, 2.24) is 5.32 Å². The number of carbonyl (C=O) groups is 1. The monoisotopic (exact) mass is 198 g/mol. The van der Waals surface area contributed by atoms with Gasteiger partial charge in [-0.3, -0.25) is 4.79 Å². The fourth-order valence-electron chi connectivity index (χ4n) is 1.20. The number of amides is 1. The molecule has 14 heavy (non-hydrogen) atoms. The molecular formula is C11H22N2O. The summed E-state index contributed by atoms with van der Waals surface area (Å²) in [5.41, 5.74) is 6.83. The maximum absolute atomic E-state index is 11.0. The molecule has 0 rings (SSSR count). The van der Waals surface area contributed by atoms with Gasteiger partial charge in [-0.2, -0.15) is 0 Å². The highest BCUT2D eigenvalue weighted by atomic mass is 16.1. The number of primary amides is 1. The Hall–Kier alpha value is -0.990. The van der Waals surface area contributed by atoms with E-state index in [2.05, 4.69) is 33.0 Å². The summed E-state index contributed by atoms with van der Waals surface area (Å²) in [7, 11) is 0. The molecule has 0 aromatic rings. The molecule has 3 heteroatoms. The van der Waals surface area contributed by atoms with Crippen molar-refractivity contribution in [3.63, 3.8) is 0 Å². The van der Waals surface area contributed by atoms with Gasteiger partial charge in [0.15, 0.2) is 0 Å². The lowest BCUT2D eigenvalue weighted by molar-refractivity contribution is -0.114. The summed E-state index contributed by atoms with van der Waals surface area (Å²) in [4.78, 5) is 11.0. The minimum absolute atomic E-state index is 0.0266. The largest absolute Gasteiger partial charge is 0.383 e. The Morgan fingerprint density at radius 2 is 1.86 bits per heavy atom. The van der Waals surface area contributed by atoms with Crippen molar-refractivity contribution in [3.8, 4) is 0 Å². The predicted octanol–water partition coefficient (Wildman–Crippen LogP) is 1.93. The van der Waals surface area contributed by atoms with E-state index in [9.17, 15) is 4.79 Å². The first-order chi connectivity index (χ1) is 6.28. The van der Waals surface area contributed by atoms with E-state index in [0.29, 0.717) is 5.57 Å². The first kappa shape index (κ1) is 13.0. The van der Waals surface area contributed by atoms with Crippen LogP contribution in [-0.4, -0.2) is 11.4 Å². The first-order valence-corrected chi connectivity index (χ1v) is 5.05. The number of rotatable bonds is 4. The topological polar surface area (TPSA) is 55.1 Å². The number of nitrogens with one attached hydrogen (secondary N) is 1. The number of carbonyl (C=O) groups excluding carboxylic acids is 1. The van der Waals surface area contributed by atoms with E-state index >= 15 is 0 Å². The van der Waals surface area contributed by atoms with Crippen molar-refractivity contribution in [1.29, 1.82) is 0 Å². The summed E-state index contributed by atoms with van der Waals surface area (Å²) in [5.74, 6) is -0.342. The highest BCUT2D eigenvalue weighted by molar-refractivity contribution is 5.92. The van der Waals surface area contributed by atoms with E-state index in [1.807, 2.05) is 0 Å². The molecule has 0 aliphatic carbocycles. The Morgan fingerprint density at radius 3 is 2.14 bits per heavy atom. The quantitative estimate of drug-likeness (QED) is 0.678. The van der Waals surface area contributed by atoms with Crippen LogP contribution in [0.3, 0.4) is 0 Å². The molecular weight excluding hydrogens is 176 g/mol. The highest BCUT2D eigenvalue weighted by Crippen LogP contribution is 2.12. The maximum atomic E-state index is 11.0. The number of nitrogens with two attached hydrogens (primary N) is 1. The van der Waals surface area contributed by atoms with Crippen LogP contribution in [0.5, 0.6) is 0 Å². The molecule has 82 valence electrons. The molecule has 0 aliphatic rings. The van der Waals surface area contributed by atoms with Crippen molar-refractivity contribution < 1.29 is 4.79 Å². The van der Waals surface area contributed by atoms with Crippen molar-refractivity contribution in [2.45, 2.75) is 53.0 Å². The van der Waals surface area contributed by atoms with Gasteiger partial charge in [0.2, 0.25) is 5.91 Å². The average molecular weight is 198 g/mol. The molecule has 0 aromatic heterocycles. The van der Waals surface area contributed by atoms with E-state index in [-0.39, 0.29) is 11.4 Å². The molecule has 1 amide bonds. The average Bonchev–Trinajstić information content (AvgIpc) is 1.99. The third-order valence-electron chi connectivity index (χ3n) is 1.85. The zero-order valence-electron chi connectivity index (χ0n) is 9.90. The van der Waals surface area contributed by atoms with Crippen molar-refractivity contribution in [2.75, 3.05) is 0 Å². The molecule has 0 aliphatic heterocycles. The van der Waals surface area contributed by atoms with Crippen LogP contribution in [0, 0.1) is 0 Å². The zero-order valence-corrected chi connectivity index (χ0v) is 9.90. The van der Waals surface area contributed by atoms with Crippen LogP contribution in [-0.2, 0) is 4.79 Å². The molecule has 0 unspecified atom stereocenters. The van der Waals surface area contributed by atoms with Gasteiger partial charge in [0.25, 0.3) is 0 Å². The molecule has 0 fully saturated rings. The summed E-state index contributed by atoms with van der Waals surface area (Å²) in [6.07, 6.45) is 1.87. The van der Waals surface area contributed by atoms with Gasteiger partial charge in [0.05, 0.1) is 0 Å². The second kappa shape index (κ2) is 5.03. The smallest absolute Gasteiger partial charge is 0.246 e. The lowest BCUT2D eigenvalue weighted by Gasteiger charge is -2.25. The molecule has 0 bridgehead atoms. The van der Waals surface area contributed by atoms with Gasteiger partial charge >= 0.3 is 0 Å².